The summed E-state index contributed by atoms with van der Waals surface area (Å²) in [5, 5.41) is 4.78. The zero-order valence-electron chi connectivity index (χ0n) is 12.8. The Balaban J connectivity index is 2.28. The zero-order chi connectivity index (χ0) is 16.1. The molecule has 0 atom stereocenters. The predicted octanol–water partition coefficient (Wildman–Crippen LogP) is 3.31. The molecule has 1 aromatic heterocycles. The number of alkyl carbamates (subject to hydrolysis) is 1. The lowest BCUT2D eigenvalue weighted by atomic mass is 10.2. The van der Waals surface area contributed by atoms with Gasteiger partial charge in [-0.05, 0) is 39.8 Å². The molecule has 120 valence electrons. The van der Waals surface area contributed by atoms with Crippen molar-refractivity contribution < 1.29 is 18.3 Å². The van der Waals surface area contributed by atoms with E-state index in [1.54, 1.807) is 32.1 Å². The van der Waals surface area contributed by atoms with Crippen LogP contribution in [0.1, 0.15) is 30.5 Å². The van der Waals surface area contributed by atoms with E-state index >= 15 is 0 Å². The molecule has 0 fully saturated rings. The quantitative estimate of drug-likeness (QED) is 0.845. The molecular formula is C14H22F2N2O2S. The molecule has 21 heavy (non-hydrogen) atoms. The molecule has 2 N–H and O–H groups in total. The van der Waals surface area contributed by atoms with E-state index in [1.807, 2.05) is 19.1 Å². The molecule has 0 bridgehead atoms. The van der Waals surface area contributed by atoms with Crippen molar-refractivity contribution in [2.24, 2.45) is 0 Å². The molecule has 0 aliphatic heterocycles. The Morgan fingerprint density at radius 2 is 1.95 bits per heavy atom. The highest BCUT2D eigenvalue weighted by Crippen LogP contribution is 2.16. The van der Waals surface area contributed by atoms with Crippen LogP contribution in [0.3, 0.4) is 0 Å². The average Bonchev–Trinajstić information content (AvgIpc) is 2.70. The molecule has 1 heterocycles. The van der Waals surface area contributed by atoms with Crippen molar-refractivity contribution >= 4 is 17.4 Å². The third-order valence-electron chi connectivity index (χ3n) is 2.37. The molecule has 0 radical (unpaired) electrons. The third kappa shape index (κ3) is 7.96. The molecule has 0 aromatic carbocycles. The zero-order valence-corrected chi connectivity index (χ0v) is 13.6. The number of carbonyl (C=O) groups is 1. The molecule has 0 saturated carbocycles. The summed E-state index contributed by atoms with van der Waals surface area (Å²) in [6, 6.07) is 3.86. The summed E-state index contributed by atoms with van der Waals surface area (Å²) < 4.78 is 32.1. The predicted molar refractivity (Wildman–Crippen MR) is 79.9 cm³/mol. The second-order valence-corrected chi connectivity index (χ2v) is 7.20. The molecule has 0 aliphatic carbocycles. The number of halogens is 2. The van der Waals surface area contributed by atoms with Crippen molar-refractivity contribution in [2.75, 3.05) is 13.1 Å². The van der Waals surface area contributed by atoms with Crippen LogP contribution in [-0.2, 0) is 11.3 Å². The molecule has 7 heteroatoms. The minimum absolute atomic E-state index is 0.389. The highest BCUT2D eigenvalue weighted by molar-refractivity contribution is 7.11. The van der Waals surface area contributed by atoms with Crippen molar-refractivity contribution in [3.8, 4) is 0 Å². The number of aryl methyl sites for hydroxylation is 1. The summed E-state index contributed by atoms with van der Waals surface area (Å²) in [4.78, 5) is 13.5. The van der Waals surface area contributed by atoms with Gasteiger partial charge in [0.25, 0.3) is 5.92 Å². The molecular weight excluding hydrogens is 298 g/mol. The van der Waals surface area contributed by atoms with Crippen LogP contribution in [0, 0.1) is 6.92 Å². The van der Waals surface area contributed by atoms with Crippen molar-refractivity contribution in [2.45, 2.75) is 45.8 Å². The minimum Gasteiger partial charge on any atom is -0.444 e. The van der Waals surface area contributed by atoms with Crippen LogP contribution in [0.2, 0.25) is 0 Å². The number of hydrogen-bond donors (Lipinski definition) is 2. The summed E-state index contributed by atoms with van der Waals surface area (Å²) in [6.45, 7) is 6.13. The van der Waals surface area contributed by atoms with Crippen molar-refractivity contribution in [1.29, 1.82) is 0 Å². The fourth-order valence-corrected chi connectivity index (χ4v) is 2.39. The van der Waals surface area contributed by atoms with E-state index in [9.17, 15) is 13.6 Å². The Labute approximate surface area is 127 Å². The molecule has 0 saturated heterocycles. The number of hydrogen-bond acceptors (Lipinski definition) is 4. The maximum Gasteiger partial charge on any atom is 0.407 e. The summed E-state index contributed by atoms with van der Waals surface area (Å²) in [5.74, 6) is -3.02. The molecule has 0 unspecified atom stereocenters. The van der Waals surface area contributed by atoms with Crippen molar-refractivity contribution in [3.63, 3.8) is 0 Å². The van der Waals surface area contributed by atoms with Crippen LogP contribution in [0.25, 0.3) is 0 Å². The highest BCUT2D eigenvalue weighted by atomic mass is 32.1. The Kier molecular flexibility index (Phi) is 6.10. The van der Waals surface area contributed by atoms with Crippen molar-refractivity contribution in [1.82, 2.24) is 10.6 Å². The number of thiophene rings is 1. The van der Waals surface area contributed by atoms with Gasteiger partial charge >= 0.3 is 6.09 Å². The SMILES string of the molecule is Cc1ccc(CNCC(F)(F)CNC(=O)OC(C)(C)C)s1. The summed E-state index contributed by atoms with van der Waals surface area (Å²) in [6.07, 6.45) is -0.837. The largest absolute Gasteiger partial charge is 0.444 e. The lowest BCUT2D eigenvalue weighted by Crippen LogP contribution is -2.44. The first-order valence-electron chi connectivity index (χ1n) is 6.68. The van der Waals surface area contributed by atoms with Gasteiger partial charge in [-0.2, -0.15) is 0 Å². The number of amides is 1. The summed E-state index contributed by atoms with van der Waals surface area (Å²) in [7, 11) is 0. The van der Waals surface area contributed by atoms with Crippen LogP contribution in [0.15, 0.2) is 12.1 Å². The monoisotopic (exact) mass is 320 g/mol. The van der Waals surface area contributed by atoms with E-state index in [1.165, 1.54) is 0 Å². The van der Waals surface area contributed by atoms with Crippen LogP contribution < -0.4 is 10.6 Å². The van der Waals surface area contributed by atoms with E-state index in [0.717, 1.165) is 9.75 Å². The third-order valence-corrected chi connectivity index (χ3v) is 3.37. The van der Waals surface area contributed by atoms with Gasteiger partial charge < -0.3 is 15.4 Å². The number of nitrogens with one attached hydrogen (secondary N) is 2. The lowest BCUT2D eigenvalue weighted by Gasteiger charge is -2.22. The van der Waals surface area contributed by atoms with Gasteiger partial charge in [0, 0.05) is 16.3 Å². The van der Waals surface area contributed by atoms with Gasteiger partial charge in [-0.1, -0.05) is 0 Å². The standard InChI is InChI=1S/C14H22F2N2O2S/c1-10-5-6-11(21-10)7-17-8-14(15,16)9-18-12(19)20-13(2,3)4/h5-6,17H,7-9H2,1-4H3,(H,18,19). The summed E-state index contributed by atoms with van der Waals surface area (Å²) >= 11 is 1.57. The van der Waals surface area contributed by atoms with Crippen LogP contribution in [0.4, 0.5) is 13.6 Å². The van der Waals surface area contributed by atoms with Crippen LogP contribution in [-0.4, -0.2) is 30.7 Å². The fourth-order valence-electron chi connectivity index (χ4n) is 1.53. The van der Waals surface area contributed by atoms with E-state index in [2.05, 4.69) is 10.6 Å². The van der Waals surface area contributed by atoms with Gasteiger partial charge in [-0.3, -0.25) is 0 Å². The number of carbonyl (C=O) groups excluding carboxylic acids is 1. The lowest BCUT2D eigenvalue weighted by molar-refractivity contribution is -0.00372. The van der Waals surface area contributed by atoms with E-state index in [0.29, 0.717) is 6.54 Å². The first-order chi connectivity index (χ1) is 9.57. The van der Waals surface area contributed by atoms with Crippen molar-refractivity contribution in [3.05, 3.63) is 21.9 Å². The maximum absolute atomic E-state index is 13.6. The molecule has 1 rings (SSSR count). The molecule has 0 aliphatic rings. The van der Waals surface area contributed by atoms with Crippen LogP contribution in [0.5, 0.6) is 0 Å². The molecule has 1 amide bonds. The van der Waals surface area contributed by atoms with Gasteiger partial charge in [0.05, 0.1) is 13.1 Å². The first-order valence-corrected chi connectivity index (χ1v) is 7.50. The second kappa shape index (κ2) is 7.17. The molecule has 0 spiro atoms. The Morgan fingerprint density at radius 1 is 1.29 bits per heavy atom. The first kappa shape index (κ1) is 17.8. The number of ether oxygens (including phenoxy) is 1. The molecule has 1 aromatic rings. The Bertz CT molecular complexity index is 470. The van der Waals surface area contributed by atoms with E-state index in [-0.39, 0.29) is 0 Å². The average molecular weight is 320 g/mol. The van der Waals surface area contributed by atoms with E-state index in [4.69, 9.17) is 4.74 Å². The normalized spacial score (nSPS) is 12.3. The van der Waals surface area contributed by atoms with E-state index < -0.39 is 30.7 Å². The van der Waals surface area contributed by atoms with Crippen LogP contribution >= 0.6 is 11.3 Å². The van der Waals surface area contributed by atoms with Gasteiger partial charge in [0.15, 0.2) is 0 Å². The Morgan fingerprint density at radius 3 is 2.48 bits per heavy atom. The topological polar surface area (TPSA) is 50.4 Å². The van der Waals surface area contributed by atoms with Gasteiger partial charge in [-0.25, -0.2) is 13.6 Å². The maximum atomic E-state index is 13.6. The number of rotatable bonds is 6. The van der Waals surface area contributed by atoms with Gasteiger partial charge in [0.1, 0.15) is 5.60 Å². The minimum atomic E-state index is -3.02. The second-order valence-electron chi connectivity index (χ2n) is 5.83. The fraction of sp³-hybridized carbons (Fsp3) is 0.643. The van der Waals surface area contributed by atoms with Gasteiger partial charge in [0.2, 0.25) is 0 Å². The smallest absolute Gasteiger partial charge is 0.407 e. The Hall–Kier alpha value is -1.21. The molecule has 4 nitrogen and oxygen atoms in total. The van der Waals surface area contributed by atoms with Gasteiger partial charge in [-0.15, -0.1) is 11.3 Å². The number of alkyl halides is 2. The highest BCUT2D eigenvalue weighted by Gasteiger charge is 2.30. The summed E-state index contributed by atoms with van der Waals surface area (Å²) in [5.41, 5.74) is -0.700.